The molecule has 0 atom stereocenters. The first-order valence-corrected chi connectivity index (χ1v) is 0. The van der Waals surface area contributed by atoms with E-state index in [2.05, 4.69) is 0 Å². The van der Waals surface area contributed by atoms with Gasteiger partial charge in [-0.15, -0.1) is 0 Å². The van der Waals surface area contributed by atoms with E-state index >= 15 is 0 Å². The van der Waals surface area contributed by atoms with E-state index in [1.54, 1.807) is 0 Å². The Morgan fingerprint density at radius 1 is 0.154 bits per heavy atom. The molecular formula is Al7Ni6. The zero-order valence-corrected chi connectivity index (χ0v) is 19.9. The summed E-state index contributed by atoms with van der Waals surface area (Å²) in [6.45, 7) is 0. The van der Waals surface area contributed by atoms with Gasteiger partial charge in [0, 0.05) is 220 Å². The Kier molecular flexibility index (Phi) is 1550. The fourth-order valence-electron chi connectivity index (χ4n) is 0. The molecule has 0 amide bonds. The molecule has 0 aromatic rings. The van der Waals surface area contributed by atoms with Gasteiger partial charge in [-0.3, -0.25) is 0 Å². The van der Waals surface area contributed by atoms with E-state index < -0.39 is 0 Å². The van der Waals surface area contributed by atoms with Crippen molar-refractivity contribution >= 4 is 122 Å². The molecular weight excluding hydrogens is 541 g/mol. The van der Waals surface area contributed by atoms with Crippen LogP contribution < -0.4 is 0 Å². The fraction of sp³-hybridized carbons (Fsp3) is 0. The first-order valence-electron chi connectivity index (χ1n) is 0. The normalized spacial score (nSPS) is 0. The predicted molar refractivity (Wildman–Crippen MR) is 40.3 cm³/mol. The molecule has 0 rings (SSSR count). The summed E-state index contributed by atoms with van der Waals surface area (Å²) in [5.74, 6) is 0. The van der Waals surface area contributed by atoms with Gasteiger partial charge >= 0.3 is 0 Å². The third-order valence-corrected chi connectivity index (χ3v) is 0. The van der Waals surface area contributed by atoms with Gasteiger partial charge in [0.15, 0.2) is 0 Å². The maximum atomic E-state index is 0. The molecule has 81 valence electrons. The summed E-state index contributed by atoms with van der Waals surface area (Å²) in [5.41, 5.74) is 0. The minimum absolute atomic E-state index is 0. The summed E-state index contributed by atoms with van der Waals surface area (Å²) in [5, 5.41) is 0. The first kappa shape index (κ1) is 154. The van der Waals surface area contributed by atoms with Crippen LogP contribution in [0.15, 0.2) is 0 Å². The van der Waals surface area contributed by atoms with E-state index in [1.807, 2.05) is 0 Å². The van der Waals surface area contributed by atoms with Gasteiger partial charge < -0.3 is 0 Å². The van der Waals surface area contributed by atoms with E-state index in [9.17, 15) is 0 Å². The van der Waals surface area contributed by atoms with Gasteiger partial charge in [0.1, 0.15) is 0 Å². The number of rotatable bonds is 0. The Bertz CT molecular complexity index is 12.9. The summed E-state index contributed by atoms with van der Waals surface area (Å²) < 4.78 is 0. The van der Waals surface area contributed by atoms with E-state index in [1.165, 1.54) is 0 Å². The second-order valence-corrected chi connectivity index (χ2v) is 0. The molecule has 0 aliphatic rings. The van der Waals surface area contributed by atoms with Crippen molar-refractivity contribution in [1.82, 2.24) is 0 Å². The van der Waals surface area contributed by atoms with Gasteiger partial charge in [-0.25, -0.2) is 0 Å². The quantitative estimate of drug-likeness (QED) is 0.294. The molecule has 0 saturated carbocycles. The van der Waals surface area contributed by atoms with Gasteiger partial charge in [-0.2, -0.15) is 0 Å². The molecule has 13 heteroatoms. The van der Waals surface area contributed by atoms with Crippen molar-refractivity contribution < 1.29 is 98.9 Å². The van der Waals surface area contributed by atoms with Crippen LogP contribution in [0.4, 0.5) is 0 Å². The predicted octanol–water partition coefficient (Wildman–Crippen LogP) is -2.68. The first-order chi connectivity index (χ1) is 0. The third-order valence-electron chi connectivity index (χ3n) is 0. The van der Waals surface area contributed by atoms with E-state index in [0.29, 0.717) is 0 Å². The van der Waals surface area contributed by atoms with Crippen LogP contribution in [0.3, 0.4) is 0 Å². The van der Waals surface area contributed by atoms with Crippen LogP contribution in [0.5, 0.6) is 0 Å². The fourth-order valence-corrected chi connectivity index (χ4v) is 0. The molecule has 0 saturated heterocycles. The minimum atomic E-state index is 0. The summed E-state index contributed by atoms with van der Waals surface area (Å²) in [7, 11) is 0. The Morgan fingerprint density at radius 3 is 0.154 bits per heavy atom. The van der Waals surface area contributed by atoms with Crippen molar-refractivity contribution in [2.75, 3.05) is 0 Å². The molecule has 0 heterocycles. The minimum Gasteiger partial charge on any atom is 0 e. The molecule has 0 nitrogen and oxygen atoms in total. The Balaban J connectivity index is 0. The van der Waals surface area contributed by atoms with E-state index in [-0.39, 0.29) is 220 Å². The Labute approximate surface area is 216 Å². The van der Waals surface area contributed by atoms with Gasteiger partial charge in [0.05, 0.1) is 0 Å². The third kappa shape index (κ3) is 116. The topological polar surface area (TPSA) is 0 Å². The van der Waals surface area contributed by atoms with Crippen molar-refractivity contribution in [3.05, 3.63) is 0 Å². The van der Waals surface area contributed by atoms with Crippen LogP contribution in [-0.4, -0.2) is 122 Å². The average Bonchev–Trinajstić information content (AvgIpc) is 0. The monoisotopic (exact) mass is 536 g/mol. The van der Waals surface area contributed by atoms with Crippen molar-refractivity contribution in [2.24, 2.45) is 0 Å². The van der Waals surface area contributed by atoms with Gasteiger partial charge in [-0.1, -0.05) is 0 Å². The summed E-state index contributed by atoms with van der Waals surface area (Å²) >= 11 is 0. The molecule has 0 bridgehead atoms. The van der Waals surface area contributed by atoms with Crippen molar-refractivity contribution in [2.45, 2.75) is 0 Å². The SMILES string of the molecule is [Al].[Al].[Al].[Al].[Al].[Al].[Al].[Ni].[Ni].[Ni].[Ni].[Ni].[Ni]. The van der Waals surface area contributed by atoms with Crippen LogP contribution in [0.1, 0.15) is 0 Å². The number of hydrogen-bond acceptors (Lipinski definition) is 0. The Hall–Kier alpha value is 6.69. The van der Waals surface area contributed by atoms with Gasteiger partial charge in [0.25, 0.3) is 0 Å². The van der Waals surface area contributed by atoms with Crippen molar-refractivity contribution in [3.8, 4) is 0 Å². The molecule has 13 heavy (non-hydrogen) atoms. The maximum Gasteiger partial charge on any atom is 0 e. The largest absolute Gasteiger partial charge is 0 e. The van der Waals surface area contributed by atoms with Crippen LogP contribution in [0.25, 0.3) is 0 Å². The molecule has 0 N–H and O–H groups in total. The smallest absolute Gasteiger partial charge is 0 e. The molecule has 0 aromatic heterocycles. The zero-order valence-electron chi connectivity index (χ0n) is 5.94. The molecule has 0 spiro atoms. The van der Waals surface area contributed by atoms with Crippen LogP contribution in [0, 0.1) is 0 Å². The van der Waals surface area contributed by atoms with Crippen LogP contribution in [0.2, 0.25) is 0 Å². The molecule has 0 aliphatic heterocycles. The van der Waals surface area contributed by atoms with Crippen LogP contribution in [-0.2, 0) is 98.9 Å². The van der Waals surface area contributed by atoms with Gasteiger partial charge in [-0.05, 0) is 0 Å². The van der Waals surface area contributed by atoms with E-state index in [4.69, 9.17) is 0 Å². The van der Waals surface area contributed by atoms with E-state index in [0.717, 1.165) is 0 Å². The molecule has 0 fully saturated rings. The molecule has 0 aliphatic carbocycles. The van der Waals surface area contributed by atoms with Crippen molar-refractivity contribution in [3.63, 3.8) is 0 Å². The molecule has 21 radical (unpaired) electrons. The Morgan fingerprint density at radius 2 is 0.154 bits per heavy atom. The zero-order chi connectivity index (χ0) is 0. The second kappa shape index (κ2) is 131. The average molecular weight is 541 g/mol. The van der Waals surface area contributed by atoms with Gasteiger partial charge in [0.2, 0.25) is 0 Å². The summed E-state index contributed by atoms with van der Waals surface area (Å²) in [6.07, 6.45) is 0. The summed E-state index contributed by atoms with van der Waals surface area (Å²) in [4.78, 5) is 0. The molecule has 0 unspecified atom stereocenters. The summed E-state index contributed by atoms with van der Waals surface area (Å²) in [6, 6.07) is 0. The second-order valence-electron chi connectivity index (χ2n) is 0. The maximum absolute atomic E-state index is 0. The number of hydrogen-bond donors (Lipinski definition) is 0. The van der Waals surface area contributed by atoms with Crippen LogP contribution >= 0.6 is 0 Å². The van der Waals surface area contributed by atoms with Crippen molar-refractivity contribution in [1.29, 1.82) is 0 Å². The standard InChI is InChI=1S/7Al.6Ni. The molecule has 0 aromatic carbocycles.